The van der Waals surface area contributed by atoms with Crippen LogP contribution in [-0.2, 0) is 16.8 Å². The lowest BCUT2D eigenvalue weighted by molar-refractivity contribution is -0.136. The monoisotopic (exact) mass is 303 g/mol. The van der Waals surface area contributed by atoms with E-state index in [0.717, 1.165) is 5.56 Å². The third-order valence-corrected chi connectivity index (χ3v) is 3.41. The molecule has 0 aliphatic heterocycles. The average Bonchev–Trinajstić information content (AvgIpc) is 2.44. The lowest BCUT2D eigenvalue weighted by Crippen LogP contribution is -2.15. The first-order valence-corrected chi connectivity index (χ1v) is 6.96. The van der Waals surface area contributed by atoms with Crippen LogP contribution in [0.4, 0.5) is 4.39 Å². The quantitative estimate of drug-likeness (QED) is 0.890. The van der Waals surface area contributed by atoms with Crippen molar-refractivity contribution in [2.24, 2.45) is 0 Å². The summed E-state index contributed by atoms with van der Waals surface area (Å²) in [5, 5.41) is 18.6. The zero-order valence-corrected chi connectivity index (χ0v) is 12.5. The van der Waals surface area contributed by atoms with Crippen LogP contribution in [0.15, 0.2) is 36.7 Å². The largest absolute Gasteiger partial charge is 0.481 e. The fraction of sp³-hybridized carbons (Fsp3) is 0.294. The molecule has 116 valence electrons. The predicted octanol–water partition coefficient (Wildman–Crippen LogP) is 3.13. The number of aromatic nitrogens is 1. The van der Waals surface area contributed by atoms with E-state index in [1.54, 1.807) is 38.2 Å². The van der Waals surface area contributed by atoms with Gasteiger partial charge in [-0.15, -0.1) is 0 Å². The number of rotatable bonds is 5. The minimum Gasteiger partial charge on any atom is -0.481 e. The Kier molecular flexibility index (Phi) is 4.56. The van der Waals surface area contributed by atoms with Gasteiger partial charge in [0.2, 0.25) is 0 Å². The molecule has 0 amide bonds. The van der Waals surface area contributed by atoms with E-state index in [0.29, 0.717) is 23.1 Å². The molecule has 2 N–H and O–H groups in total. The summed E-state index contributed by atoms with van der Waals surface area (Å²) in [6, 6.07) is 6.31. The zero-order valence-electron chi connectivity index (χ0n) is 12.5. The number of hydrogen-bond donors (Lipinski definition) is 2. The predicted molar refractivity (Wildman–Crippen MR) is 80.8 cm³/mol. The van der Waals surface area contributed by atoms with Crippen LogP contribution in [0.5, 0.6) is 0 Å². The zero-order chi connectivity index (χ0) is 16.3. The van der Waals surface area contributed by atoms with Crippen molar-refractivity contribution in [2.75, 3.05) is 0 Å². The molecule has 0 aliphatic rings. The smallest absolute Gasteiger partial charge is 0.303 e. The summed E-state index contributed by atoms with van der Waals surface area (Å²) in [5.41, 5.74) is 1.08. The van der Waals surface area contributed by atoms with Crippen molar-refractivity contribution in [3.63, 3.8) is 0 Å². The fourth-order valence-electron chi connectivity index (χ4n) is 2.15. The maximum absolute atomic E-state index is 14.3. The highest BCUT2D eigenvalue weighted by Gasteiger charge is 2.18. The standard InChI is InChI=1S/C17H18FNO3/c1-17(2,22)13-4-5-14(15(18)8-13)12-7-11(9-19-10-12)3-6-16(20)21/h4-5,7-10,22H,3,6H2,1-2H3,(H,20,21). The highest BCUT2D eigenvalue weighted by atomic mass is 19.1. The van der Waals surface area contributed by atoms with Crippen LogP contribution in [0, 0.1) is 5.82 Å². The summed E-state index contributed by atoms with van der Waals surface area (Å²) < 4.78 is 14.3. The molecule has 22 heavy (non-hydrogen) atoms. The highest BCUT2D eigenvalue weighted by molar-refractivity contribution is 5.68. The molecule has 0 spiro atoms. The number of benzene rings is 1. The van der Waals surface area contributed by atoms with E-state index in [2.05, 4.69) is 4.98 Å². The number of pyridine rings is 1. The first-order chi connectivity index (χ1) is 10.3. The van der Waals surface area contributed by atoms with Crippen molar-refractivity contribution >= 4 is 5.97 Å². The Morgan fingerprint density at radius 2 is 2.00 bits per heavy atom. The molecule has 2 aromatic rings. The van der Waals surface area contributed by atoms with Gasteiger partial charge in [0.05, 0.1) is 5.60 Å². The molecule has 0 atom stereocenters. The Morgan fingerprint density at radius 3 is 2.59 bits per heavy atom. The van der Waals surface area contributed by atoms with E-state index in [-0.39, 0.29) is 6.42 Å². The van der Waals surface area contributed by atoms with Crippen LogP contribution in [-0.4, -0.2) is 21.2 Å². The molecule has 2 rings (SSSR count). The number of aliphatic hydroxyl groups is 1. The Hall–Kier alpha value is -2.27. The molecule has 4 nitrogen and oxygen atoms in total. The fourth-order valence-corrected chi connectivity index (χ4v) is 2.15. The molecular formula is C17H18FNO3. The van der Waals surface area contributed by atoms with Crippen LogP contribution in [0.25, 0.3) is 11.1 Å². The Balaban J connectivity index is 2.32. The average molecular weight is 303 g/mol. The lowest BCUT2D eigenvalue weighted by atomic mass is 9.95. The van der Waals surface area contributed by atoms with Gasteiger partial charge >= 0.3 is 5.97 Å². The van der Waals surface area contributed by atoms with Gasteiger partial charge in [0, 0.05) is 29.9 Å². The number of aryl methyl sites for hydroxylation is 1. The second-order valence-electron chi connectivity index (χ2n) is 5.73. The number of carboxylic acid groups (broad SMARTS) is 1. The first kappa shape index (κ1) is 16.1. The maximum Gasteiger partial charge on any atom is 0.303 e. The lowest BCUT2D eigenvalue weighted by Gasteiger charge is -2.18. The van der Waals surface area contributed by atoms with E-state index >= 15 is 0 Å². The second-order valence-corrected chi connectivity index (χ2v) is 5.73. The van der Waals surface area contributed by atoms with E-state index in [1.807, 2.05) is 0 Å². The number of aliphatic carboxylic acids is 1. The second kappa shape index (κ2) is 6.23. The molecule has 0 radical (unpaired) electrons. The summed E-state index contributed by atoms with van der Waals surface area (Å²) in [6.07, 6.45) is 3.47. The Morgan fingerprint density at radius 1 is 1.27 bits per heavy atom. The van der Waals surface area contributed by atoms with Crippen LogP contribution in [0.3, 0.4) is 0 Å². The van der Waals surface area contributed by atoms with Gasteiger partial charge in [-0.25, -0.2) is 4.39 Å². The van der Waals surface area contributed by atoms with Gasteiger partial charge in [0.25, 0.3) is 0 Å². The van der Waals surface area contributed by atoms with Gasteiger partial charge in [-0.05, 0) is 43.5 Å². The van der Waals surface area contributed by atoms with E-state index in [1.165, 1.54) is 12.3 Å². The van der Waals surface area contributed by atoms with Gasteiger partial charge in [-0.1, -0.05) is 12.1 Å². The number of carbonyl (C=O) groups is 1. The third-order valence-electron chi connectivity index (χ3n) is 3.41. The summed E-state index contributed by atoms with van der Waals surface area (Å²) >= 11 is 0. The molecule has 5 heteroatoms. The molecule has 1 aromatic carbocycles. The molecular weight excluding hydrogens is 285 g/mol. The van der Waals surface area contributed by atoms with Gasteiger partial charge in [-0.2, -0.15) is 0 Å². The number of nitrogens with zero attached hydrogens (tertiary/aromatic N) is 1. The Labute approximate surface area is 128 Å². The Bertz CT molecular complexity index is 693. The van der Waals surface area contributed by atoms with Crippen molar-refractivity contribution in [3.05, 3.63) is 53.6 Å². The minimum absolute atomic E-state index is 0.00521. The first-order valence-electron chi connectivity index (χ1n) is 6.96. The SMILES string of the molecule is CC(C)(O)c1ccc(-c2cncc(CCC(=O)O)c2)c(F)c1. The van der Waals surface area contributed by atoms with Crippen molar-refractivity contribution < 1.29 is 19.4 Å². The summed E-state index contributed by atoms with van der Waals surface area (Å²) in [4.78, 5) is 14.7. The van der Waals surface area contributed by atoms with Gasteiger partial charge in [-0.3, -0.25) is 9.78 Å². The number of carboxylic acids is 1. The minimum atomic E-state index is -1.11. The van der Waals surface area contributed by atoms with Gasteiger partial charge in [0.1, 0.15) is 5.82 Å². The van der Waals surface area contributed by atoms with Crippen molar-refractivity contribution in [1.29, 1.82) is 0 Å². The van der Waals surface area contributed by atoms with Crippen molar-refractivity contribution in [1.82, 2.24) is 4.98 Å². The van der Waals surface area contributed by atoms with E-state index < -0.39 is 17.4 Å². The molecule has 0 aliphatic carbocycles. The normalized spacial score (nSPS) is 11.5. The van der Waals surface area contributed by atoms with Crippen LogP contribution < -0.4 is 0 Å². The van der Waals surface area contributed by atoms with Crippen LogP contribution >= 0.6 is 0 Å². The van der Waals surface area contributed by atoms with Crippen LogP contribution in [0.1, 0.15) is 31.4 Å². The molecule has 0 unspecified atom stereocenters. The summed E-state index contributed by atoms with van der Waals surface area (Å²) in [7, 11) is 0. The molecule has 0 saturated heterocycles. The molecule has 1 heterocycles. The van der Waals surface area contributed by atoms with Crippen molar-refractivity contribution in [3.8, 4) is 11.1 Å². The highest BCUT2D eigenvalue weighted by Crippen LogP contribution is 2.28. The van der Waals surface area contributed by atoms with Gasteiger partial charge in [0.15, 0.2) is 0 Å². The third kappa shape index (κ3) is 3.89. The van der Waals surface area contributed by atoms with E-state index in [4.69, 9.17) is 5.11 Å². The summed E-state index contributed by atoms with van der Waals surface area (Å²) in [6.45, 7) is 3.19. The molecule has 0 fully saturated rings. The maximum atomic E-state index is 14.3. The topological polar surface area (TPSA) is 70.4 Å². The molecule has 0 bridgehead atoms. The van der Waals surface area contributed by atoms with Crippen LogP contribution in [0.2, 0.25) is 0 Å². The van der Waals surface area contributed by atoms with Gasteiger partial charge < -0.3 is 10.2 Å². The summed E-state index contributed by atoms with van der Waals surface area (Å²) in [5.74, 6) is -1.33. The number of hydrogen-bond acceptors (Lipinski definition) is 3. The molecule has 1 aromatic heterocycles. The van der Waals surface area contributed by atoms with Crippen molar-refractivity contribution in [2.45, 2.75) is 32.3 Å². The number of halogens is 1. The molecule has 0 saturated carbocycles. The van der Waals surface area contributed by atoms with E-state index in [9.17, 15) is 14.3 Å².